The van der Waals surface area contributed by atoms with Crippen molar-refractivity contribution in [1.29, 1.82) is 0 Å². The quantitative estimate of drug-likeness (QED) is 0.849. The summed E-state index contributed by atoms with van der Waals surface area (Å²) in [5.74, 6) is 0.171. The van der Waals surface area contributed by atoms with Gasteiger partial charge in [-0.3, -0.25) is 0 Å². The fourth-order valence-corrected chi connectivity index (χ4v) is 3.88. The van der Waals surface area contributed by atoms with Gasteiger partial charge in [-0.05, 0) is 31.9 Å². The van der Waals surface area contributed by atoms with Gasteiger partial charge in [0.15, 0.2) is 0 Å². The lowest BCUT2D eigenvalue weighted by atomic mass is 10.1. The van der Waals surface area contributed by atoms with Crippen molar-refractivity contribution in [2.24, 2.45) is 0 Å². The lowest BCUT2D eigenvalue weighted by molar-refractivity contribution is 0.551. The summed E-state index contributed by atoms with van der Waals surface area (Å²) in [5.41, 5.74) is 0.987. The third kappa shape index (κ3) is 3.80. The van der Waals surface area contributed by atoms with Gasteiger partial charge in [-0.15, -0.1) is 0 Å². The zero-order valence-electron chi connectivity index (χ0n) is 10.6. The summed E-state index contributed by atoms with van der Waals surface area (Å²) < 4.78 is 26.8. The Balaban J connectivity index is 1.95. The molecule has 1 fully saturated rings. The van der Waals surface area contributed by atoms with E-state index in [1.165, 1.54) is 0 Å². The molecular formula is C13H20N2O2S. The number of hydrogen-bond donors (Lipinski definition) is 2. The van der Waals surface area contributed by atoms with Crippen molar-refractivity contribution in [3.8, 4) is 0 Å². The van der Waals surface area contributed by atoms with E-state index in [4.69, 9.17) is 0 Å². The monoisotopic (exact) mass is 268 g/mol. The molecule has 0 spiro atoms. The Morgan fingerprint density at radius 1 is 1.39 bits per heavy atom. The second kappa shape index (κ2) is 5.82. The molecule has 1 saturated heterocycles. The third-order valence-corrected chi connectivity index (χ3v) is 4.79. The molecule has 18 heavy (non-hydrogen) atoms. The van der Waals surface area contributed by atoms with Crippen molar-refractivity contribution in [2.45, 2.75) is 31.8 Å². The van der Waals surface area contributed by atoms with E-state index in [0.717, 1.165) is 24.9 Å². The molecular weight excluding hydrogens is 248 g/mol. The summed E-state index contributed by atoms with van der Waals surface area (Å²) in [5, 5.41) is 3.21. The predicted molar refractivity (Wildman–Crippen MR) is 72.8 cm³/mol. The Morgan fingerprint density at radius 3 is 2.72 bits per heavy atom. The maximum absolute atomic E-state index is 12.0. The average Bonchev–Trinajstić information content (AvgIpc) is 2.81. The highest BCUT2D eigenvalue weighted by molar-refractivity contribution is 7.89. The highest BCUT2D eigenvalue weighted by Crippen LogP contribution is 2.14. The molecule has 4 nitrogen and oxygen atoms in total. The van der Waals surface area contributed by atoms with Gasteiger partial charge in [0.1, 0.15) is 0 Å². The molecule has 1 aromatic carbocycles. The first kappa shape index (κ1) is 13.5. The van der Waals surface area contributed by atoms with Crippen LogP contribution < -0.4 is 10.0 Å². The van der Waals surface area contributed by atoms with Crippen molar-refractivity contribution in [3.63, 3.8) is 0 Å². The summed E-state index contributed by atoms with van der Waals surface area (Å²) in [6, 6.07) is 9.54. The first-order valence-corrected chi connectivity index (χ1v) is 8.00. The van der Waals surface area contributed by atoms with Gasteiger partial charge in [0.2, 0.25) is 10.0 Å². The van der Waals surface area contributed by atoms with Crippen LogP contribution in [0, 0.1) is 0 Å². The van der Waals surface area contributed by atoms with Crippen LogP contribution >= 0.6 is 0 Å². The smallest absolute Gasteiger partial charge is 0.213 e. The van der Waals surface area contributed by atoms with E-state index in [1.807, 2.05) is 37.3 Å². The van der Waals surface area contributed by atoms with Crippen LogP contribution in [0.3, 0.4) is 0 Å². The number of benzene rings is 1. The molecule has 2 unspecified atom stereocenters. The number of nitrogens with one attached hydrogen (secondary N) is 2. The standard InChI is InChI=1S/C13H20N2O2S/c1-11(12-6-3-2-4-7-12)15-18(16,17)10-13-8-5-9-14-13/h2-4,6-7,11,13-15H,5,8-10H2,1H3. The highest BCUT2D eigenvalue weighted by Gasteiger charge is 2.23. The second-order valence-electron chi connectivity index (χ2n) is 4.82. The molecule has 5 heteroatoms. The van der Waals surface area contributed by atoms with E-state index >= 15 is 0 Å². The molecule has 2 atom stereocenters. The SMILES string of the molecule is CC(NS(=O)(=O)CC1CCCN1)c1ccccc1. The van der Waals surface area contributed by atoms with Gasteiger partial charge >= 0.3 is 0 Å². The van der Waals surface area contributed by atoms with Crippen molar-refractivity contribution in [2.75, 3.05) is 12.3 Å². The summed E-state index contributed by atoms with van der Waals surface area (Å²) in [6.45, 7) is 2.80. The molecule has 2 rings (SSSR count). The minimum Gasteiger partial charge on any atom is -0.313 e. The largest absolute Gasteiger partial charge is 0.313 e. The van der Waals surface area contributed by atoms with E-state index in [2.05, 4.69) is 10.0 Å². The van der Waals surface area contributed by atoms with Crippen LogP contribution in [0.4, 0.5) is 0 Å². The van der Waals surface area contributed by atoms with E-state index in [-0.39, 0.29) is 17.8 Å². The van der Waals surface area contributed by atoms with E-state index in [0.29, 0.717) is 0 Å². The topological polar surface area (TPSA) is 58.2 Å². The zero-order valence-corrected chi connectivity index (χ0v) is 11.4. The third-order valence-electron chi connectivity index (χ3n) is 3.24. The molecule has 2 N–H and O–H groups in total. The Morgan fingerprint density at radius 2 is 2.11 bits per heavy atom. The fraction of sp³-hybridized carbons (Fsp3) is 0.538. The average molecular weight is 268 g/mol. The molecule has 1 aliphatic rings. The van der Waals surface area contributed by atoms with Gasteiger partial charge in [0.05, 0.1) is 5.75 Å². The van der Waals surface area contributed by atoms with Crippen LogP contribution in [0.5, 0.6) is 0 Å². The minimum absolute atomic E-state index is 0.102. The zero-order chi connectivity index (χ0) is 13.0. The lowest BCUT2D eigenvalue weighted by Crippen LogP contribution is -2.37. The normalized spacial score (nSPS) is 21.9. The number of sulfonamides is 1. The molecule has 0 aromatic heterocycles. The minimum atomic E-state index is -3.22. The summed E-state index contributed by atoms with van der Waals surface area (Å²) in [6.07, 6.45) is 2.01. The van der Waals surface area contributed by atoms with Crippen molar-refractivity contribution in [1.82, 2.24) is 10.0 Å². The molecule has 100 valence electrons. The maximum Gasteiger partial charge on any atom is 0.213 e. The predicted octanol–water partition coefficient (Wildman–Crippen LogP) is 1.42. The van der Waals surface area contributed by atoms with Gasteiger partial charge in [0.25, 0.3) is 0 Å². The number of hydrogen-bond acceptors (Lipinski definition) is 3. The van der Waals surface area contributed by atoms with Gasteiger partial charge < -0.3 is 5.32 Å². The first-order chi connectivity index (χ1) is 8.57. The van der Waals surface area contributed by atoms with Crippen LogP contribution in [0.2, 0.25) is 0 Å². The molecule has 0 bridgehead atoms. The molecule has 0 aliphatic carbocycles. The van der Waals surface area contributed by atoms with Crippen LogP contribution in [0.1, 0.15) is 31.4 Å². The molecule has 0 saturated carbocycles. The summed E-state index contributed by atoms with van der Waals surface area (Å²) in [7, 11) is -3.22. The van der Waals surface area contributed by atoms with Crippen LogP contribution in [-0.4, -0.2) is 26.8 Å². The Bertz CT molecular complexity index is 467. The van der Waals surface area contributed by atoms with Crippen LogP contribution in [0.25, 0.3) is 0 Å². The van der Waals surface area contributed by atoms with Gasteiger partial charge in [-0.2, -0.15) is 0 Å². The second-order valence-corrected chi connectivity index (χ2v) is 6.62. The van der Waals surface area contributed by atoms with E-state index < -0.39 is 10.0 Å². The Labute approximate surface area is 109 Å². The molecule has 1 heterocycles. The Kier molecular flexibility index (Phi) is 4.37. The molecule has 0 amide bonds. The molecule has 1 aromatic rings. The van der Waals surface area contributed by atoms with Gasteiger partial charge in [0, 0.05) is 12.1 Å². The van der Waals surface area contributed by atoms with E-state index in [1.54, 1.807) is 0 Å². The van der Waals surface area contributed by atoms with Crippen molar-refractivity contribution >= 4 is 10.0 Å². The Hall–Kier alpha value is -0.910. The maximum atomic E-state index is 12.0. The molecule has 0 radical (unpaired) electrons. The lowest BCUT2D eigenvalue weighted by Gasteiger charge is -2.17. The van der Waals surface area contributed by atoms with Crippen LogP contribution in [-0.2, 0) is 10.0 Å². The van der Waals surface area contributed by atoms with Gasteiger partial charge in [-0.25, -0.2) is 13.1 Å². The first-order valence-electron chi connectivity index (χ1n) is 6.35. The van der Waals surface area contributed by atoms with Crippen LogP contribution in [0.15, 0.2) is 30.3 Å². The molecule has 1 aliphatic heterocycles. The van der Waals surface area contributed by atoms with Crippen molar-refractivity contribution < 1.29 is 8.42 Å². The van der Waals surface area contributed by atoms with E-state index in [9.17, 15) is 8.42 Å². The summed E-state index contributed by atoms with van der Waals surface area (Å²) in [4.78, 5) is 0. The van der Waals surface area contributed by atoms with Crippen molar-refractivity contribution in [3.05, 3.63) is 35.9 Å². The summed E-state index contributed by atoms with van der Waals surface area (Å²) >= 11 is 0. The van der Waals surface area contributed by atoms with Gasteiger partial charge in [-0.1, -0.05) is 30.3 Å². The fourth-order valence-electron chi connectivity index (χ4n) is 2.29. The highest BCUT2D eigenvalue weighted by atomic mass is 32.2. The number of rotatable bonds is 5.